The van der Waals surface area contributed by atoms with E-state index in [0.29, 0.717) is 19.1 Å². The van der Waals surface area contributed by atoms with E-state index in [-0.39, 0.29) is 29.3 Å². The van der Waals surface area contributed by atoms with Crippen LogP contribution in [0.25, 0.3) is 0 Å². The minimum absolute atomic E-state index is 0.0656. The normalized spacial score (nSPS) is 11.4. The van der Waals surface area contributed by atoms with Crippen LogP contribution in [0.3, 0.4) is 0 Å². The average molecular weight is 306 g/mol. The Balaban J connectivity index is 2.82. The van der Waals surface area contributed by atoms with E-state index >= 15 is 0 Å². The van der Waals surface area contributed by atoms with Gasteiger partial charge < -0.3 is 10.0 Å². The first kappa shape index (κ1) is 17.4. The number of amides is 3. The second kappa shape index (κ2) is 7.92. The maximum absolute atomic E-state index is 12.4. The smallest absolute Gasteiger partial charge is 0.258 e. The molecule has 1 unspecified atom stereocenters. The van der Waals surface area contributed by atoms with E-state index in [1.165, 1.54) is 30.1 Å². The Bertz CT molecular complexity index is 585. The van der Waals surface area contributed by atoms with Crippen molar-refractivity contribution in [3.8, 4) is 5.75 Å². The van der Waals surface area contributed by atoms with E-state index in [4.69, 9.17) is 0 Å². The summed E-state index contributed by atoms with van der Waals surface area (Å²) in [5, 5.41) is 11.8. The van der Waals surface area contributed by atoms with E-state index in [2.05, 4.69) is 0 Å². The standard InChI is InChI=1S/C15H18N2O5/c1-10(6-7-13(21)16-9-19)17(2)15(22)14-11(8-18)4-3-5-12(14)20/h3-5,8-10,20H,6-7H2,1-2H3,(H,16,19,21). The summed E-state index contributed by atoms with van der Waals surface area (Å²) < 4.78 is 0. The molecule has 1 atom stereocenters. The SMILES string of the molecule is CC(CCC(=O)NC=O)N(C)C(=O)c1c(O)cccc1C=O. The summed E-state index contributed by atoms with van der Waals surface area (Å²) in [6.45, 7) is 1.73. The number of carbonyl (C=O) groups is 4. The van der Waals surface area contributed by atoms with Gasteiger partial charge in [-0.15, -0.1) is 0 Å². The van der Waals surface area contributed by atoms with Crippen molar-refractivity contribution < 1.29 is 24.3 Å². The minimum Gasteiger partial charge on any atom is -0.507 e. The number of benzene rings is 1. The van der Waals surface area contributed by atoms with Gasteiger partial charge in [0.05, 0.1) is 5.56 Å². The number of phenols is 1. The van der Waals surface area contributed by atoms with E-state index in [0.717, 1.165) is 0 Å². The van der Waals surface area contributed by atoms with E-state index in [9.17, 15) is 24.3 Å². The fraction of sp³-hybridized carbons (Fsp3) is 0.333. The molecule has 0 fully saturated rings. The topological polar surface area (TPSA) is 104 Å². The highest BCUT2D eigenvalue weighted by Gasteiger charge is 2.23. The molecule has 0 bridgehead atoms. The monoisotopic (exact) mass is 306 g/mol. The highest BCUT2D eigenvalue weighted by atomic mass is 16.3. The fourth-order valence-electron chi connectivity index (χ4n) is 1.94. The van der Waals surface area contributed by atoms with Gasteiger partial charge >= 0.3 is 0 Å². The molecule has 0 aliphatic heterocycles. The molecule has 0 aliphatic rings. The van der Waals surface area contributed by atoms with Crippen molar-refractivity contribution in [2.24, 2.45) is 0 Å². The number of aldehydes is 1. The molecular formula is C15H18N2O5. The van der Waals surface area contributed by atoms with Crippen LogP contribution in [0.2, 0.25) is 0 Å². The van der Waals surface area contributed by atoms with Gasteiger partial charge in [0.1, 0.15) is 5.75 Å². The van der Waals surface area contributed by atoms with Crippen molar-refractivity contribution in [2.75, 3.05) is 7.05 Å². The lowest BCUT2D eigenvalue weighted by molar-refractivity contribution is -0.125. The third-order valence-corrected chi connectivity index (χ3v) is 3.41. The summed E-state index contributed by atoms with van der Waals surface area (Å²) in [7, 11) is 1.52. The fourth-order valence-corrected chi connectivity index (χ4v) is 1.94. The molecule has 7 nitrogen and oxygen atoms in total. The minimum atomic E-state index is -0.511. The molecule has 2 N–H and O–H groups in total. The van der Waals surface area contributed by atoms with Gasteiger partial charge in [0.25, 0.3) is 5.91 Å². The zero-order valence-electron chi connectivity index (χ0n) is 12.4. The van der Waals surface area contributed by atoms with Crippen LogP contribution in [0.4, 0.5) is 0 Å². The van der Waals surface area contributed by atoms with Crippen LogP contribution in [0.15, 0.2) is 18.2 Å². The first-order valence-corrected chi connectivity index (χ1v) is 6.69. The third kappa shape index (κ3) is 4.15. The van der Waals surface area contributed by atoms with Crippen molar-refractivity contribution in [2.45, 2.75) is 25.8 Å². The van der Waals surface area contributed by atoms with Gasteiger partial charge in [0, 0.05) is 25.1 Å². The zero-order valence-corrected chi connectivity index (χ0v) is 12.4. The quantitative estimate of drug-likeness (QED) is 0.722. The van der Waals surface area contributed by atoms with Crippen LogP contribution in [0.5, 0.6) is 5.75 Å². The number of nitrogens with zero attached hydrogens (tertiary/aromatic N) is 1. The Morgan fingerprint density at radius 3 is 2.64 bits per heavy atom. The number of carbonyl (C=O) groups excluding carboxylic acids is 4. The molecule has 1 aromatic carbocycles. The van der Waals surface area contributed by atoms with Crippen LogP contribution in [0.1, 0.15) is 40.5 Å². The maximum Gasteiger partial charge on any atom is 0.258 e. The molecule has 3 amide bonds. The van der Waals surface area contributed by atoms with Gasteiger partial charge in [-0.2, -0.15) is 0 Å². The molecule has 22 heavy (non-hydrogen) atoms. The Hall–Kier alpha value is -2.70. The summed E-state index contributed by atoms with van der Waals surface area (Å²) in [4.78, 5) is 46.1. The van der Waals surface area contributed by atoms with Crippen molar-refractivity contribution in [3.05, 3.63) is 29.3 Å². The number of hydrogen-bond acceptors (Lipinski definition) is 5. The van der Waals surface area contributed by atoms with Gasteiger partial charge in [-0.1, -0.05) is 12.1 Å². The number of nitrogens with one attached hydrogen (secondary N) is 1. The summed E-state index contributed by atoms with van der Waals surface area (Å²) in [6.07, 6.45) is 1.23. The molecule has 0 radical (unpaired) electrons. The number of imide groups is 1. The van der Waals surface area contributed by atoms with Crippen molar-refractivity contribution >= 4 is 24.5 Å². The lowest BCUT2D eigenvalue weighted by Gasteiger charge is -2.25. The number of phenolic OH excluding ortho intramolecular Hbond substituents is 1. The Labute approximate surface area is 127 Å². The van der Waals surface area contributed by atoms with Crippen LogP contribution in [-0.2, 0) is 9.59 Å². The first-order chi connectivity index (χ1) is 10.4. The van der Waals surface area contributed by atoms with Gasteiger partial charge in [-0.3, -0.25) is 24.5 Å². The van der Waals surface area contributed by atoms with E-state index in [1.54, 1.807) is 6.92 Å². The highest BCUT2D eigenvalue weighted by Crippen LogP contribution is 2.22. The summed E-state index contributed by atoms with van der Waals surface area (Å²) in [6, 6.07) is 3.93. The lowest BCUT2D eigenvalue weighted by Crippen LogP contribution is -2.36. The second-order valence-electron chi connectivity index (χ2n) is 4.85. The number of rotatable bonds is 7. The van der Waals surface area contributed by atoms with Gasteiger partial charge in [-0.25, -0.2) is 0 Å². The third-order valence-electron chi connectivity index (χ3n) is 3.41. The molecule has 0 aliphatic carbocycles. The number of aromatic hydroxyl groups is 1. The molecule has 0 spiro atoms. The van der Waals surface area contributed by atoms with E-state index < -0.39 is 11.8 Å². The largest absolute Gasteiger partial charge is 0.507 e. The zero-order chi connectivity index (χ0) is 16.7. The van der Waals surface area contributed by atoms with Gasteiger partial charge in [0.15, 0.2) is 6.29 Å². The van der Waals surface area contributed by atoms with Gasteiger partial charge in [-0.05, 0) is 19.4 Å². The Morgan fingerprint density at radius 1 is 1.36 bits per heavy atom. The van der Waals surface area contributed by atoms with Crippen LogP contribution < -0.4 is 5.32 Å². The predicted octanol–water partition coefficient (Wildman–Crippen LogP) is 0.718. The molecule has 1 aromatic rings. The second-order valence-corrected chi connectivity index (χ2v) is 4.85. The summed E-state index contributed by atoms with van der Waals surface area (Å²) >= 11 is 0. The first-order valence-electron chi connectivity index (χ1n) is 6.69. The van der Waals surface area contributed by atoms with Crippen molar-refractivity contribution in [1.82, 2.24) is 10.2 Å². The molecule has 0 saturated heterocycles. The Kier molecular flexibility index (Phi) is 6.25. The predicted molar refractivity (Wildman–Crippen MR) is 78.5 cm³/mol. The Morgan fingerprint density at radius 2 is 2.05 bits per heavy atom. The van der Waals surface area contributed by atoms with Crippen molar-refractivity contribution in [1.29, 1.82) is 0 Å². The summed E-state index contributed by atoms with van der Waals surface area (Å²) in [5.74, 6) is -1.21. The molecule has 1 rings (SSSR count). The molecule has 0 aromatic heterocycles. The molecule has 0 heterocycles. The maximum atomic E-state index is 12.4. The molecule has 118 valence electrons. The van der Waals surface area contributed by atoms with E-state index in [1.807, 2.05) is 5.32 Å². The number of hydrogen-bond donors (Lipinski definition) is 2. The van der Waals surface area contributed by atoms with Crippen LogP contribution >= 0.6 is 0 Å². The van der Waals surface area contributed by atoms with Crippen LogP contribution in [-0.4, -0.2) is 47.6 Å². The van der Waals surface area contributed by atoms with Gasteiger partial charge in [0.2, 0.25) is 12.3 Å². The van der Waals surface area contributed by atoms with Crippen LogP contribution in [0, 0.1) is 0 Å². The highest BCUT2D eigenvalue weighted by molar-refractivity contribution is 6.03. The lowest BCUT2D eigenvalue weighted by atomic mass is 10.0. The molecule has 7 heteroatoms. The molecular weight excluding hydrogens is 288 g/mol. The average Bonchev–Trinajstić information content (AvgIpc) is 2.51. The van der Waals surface area contributed by atoms with Crippen molar-refractivity contribution in [3.63, 3.8) is 0 Å². The summed E-state index contributed by atoms with van der Waals surface area (Å²) in [5.41, 5.74) is 0.0342. The molecule has 0 saturated carbocycles.